The Morgan fingerprint density at radius 1 is 1.40 bits per heavy atom. The van der Waals surface area contributed by atoms with E-state index in [0.717, 1.165) is 13.4 Å². The summed E-state index contributed by atoms with van der Waals surface area (Å²) in [4.78, 5) is 11.7. The van der Waals surface area contributed by atoms with Gasteiger partial charge < -0.3 is 5.32 Å². The molecule has 5 heteroatoms. The molecule has 15 heavy (non-hydrogen) atoms. The Balaban J connectivity index is 2.81. The highest BCUT2D eigenvalue weighted by Crippen LogP contribution is 2.21. The molecule has 2 nitrogen and oxygen atoms in total. The summed E-state index contributed by atoms with van der Waals surface area (Å²) >= 11 is 9.82. The number of hydrogen-bond donors (Lipinski definition) is 1. The summed E-state index contributed by atoms with van der Waals surface area (Å²) in [7, 11) is 0. The Bertz CT molecular complexity index is 404. The molecule has 0 aliphatic heterocycles. The first-order chi connectivity index (χ1) is 7.00. The van der Waals surface area contributed by atoms with Gasteiger partial charge in [0.05, 0.1) is 5.56 Å². The van der Waals surface area contributed by atoms with Crippen LogP contribution in [0.4, 0.5) is 0 Å². The maximum atomic E-state index is 11.7. The van der Waals surface area contributed by atoms with E-state index in [1.807, 2.05) is 12.1 Å². The molecule has 0 heterocycles. The van der Waals surface area contributed by atoms with Crippen molar-refractivity contribution in [3.8, 4) is 0 Å². The molecule has 0 aliphatic rings. The van der Waals surface area contributed by atoms with Gasteiger partial charge >= 0.3 is 0 Å². The lowest BCUT2D eigenvalue weighted by atomic mass is 10.2. The van der Waals surface area contributed by atoms with E-state index in [9.17, 15) is 4.79 Å². The molecule has 0 atom stereocenters. The van der Waals surface area contributed by atoms with Gasteiger partial charge in [0.1, 0.15) is 0 Å². The van der Waals surface area contributed by atoms with Crippen LogP contribution in [-0.2, 0) is 0 Å². The normalized spacial score (nSPS) is 9.80. The third-order valence-electron chi connectivity index (χ3n) is 1.61. The monoisotopic (exact) mass is 395 g/mol. The fourth-order valence-corrected chi connectivity index (χ4v) is 1.87. The highest BCUT2D eigenvalue weighted by Gasteiger charge is 2.09. The molecule has 0 aliphatic carbocycles. The summed E-state index contributed by atoms with van der Waals surface area (Å²) < 4.78 is 2.37. The van der Waals surface area contributed by atoms with Crippen LogP contribution >= 0.6 is 47.8 Å². The van der Waals surface area contributed by atoms with Gasteiger partial charge in [-0.2, -0.15) is 0 Å². The average molecular weight is 398 g/mol. The number of carbonyl (C=O) groups is 1. The van der Waals surface area contributed by atoms with Crippen LogP contribution in [0.25, 0.3) is 0 Å². The van der Waals surface area contributed by atoms with Crippen LogP contribution in [0.5, 0.6) is 0 Å². The molecule has 80 valence electrons. The van der Waals surface area contributed by atoms with Crippen molar-refractivity contribution in [2.24, 2.45) is 0 Å². The second-order valence-electron chi connectivity index (χ2n) is 2.82. The first-order valence-electron chi connectivity index (χ1n) is 4.07. The fourth-order valence-electron chi connectivity index (χ4n) is 0.943. The van der Waals surface area contributed by atoms with Crippen molar-refractivity contribution in [1.82, 2.24) is 5.32 Å². The number of amides is 1. The summed E-state index contributed by atoms with van der Waals surface area (Å²) in [5.74, 6) is -0.135. The van der Waals surface area contributed by atoms with E-state index < -0.39 is 0 Å². The first kappa shape index (κ1) is 12.9. The van der Waals surface area contributed by atoms with E-state index in [1.54, 1.807) is 6.07 Å². The molecule has 1 rings (SSSR count). The van der Waals surface area contributed by atoms with E-state index in [1.165, 1.54) is 0 Å². The van der Waals surface area contributed by atoms with Crippen molar-refractivity contribution < 1.29 is 4.79 Å². The minimum absolute atomic E-state index is 0.135. The molecule has 0 fully saturated rings. The lowest BCUT2D eigenvalue weighted by Gasteiger charge is -2.06. The van der Waals surface area contributed by atoms with Gasteiger partial charge in [0.25, 0.3) is 5.91 Å². The summed E-state index contributed by atoms with van der Waals surface area (Å²) in [6, 6.07) is 5.45. The Kier molecular flexibility index (Phi) is 5.02. The van der Waals surface area contributed by atoms with Crippen molar-refractivity contribution in [3.05, 3.63) is 43.8 Å². The van der Waals surface area contributed by atoms with Crippen LogP contribution in [-0.4, -0.2) is 12.5 Å². The maximum Gasteiger partial charge on any atom is 0.252 e. The summed E-state index contributed by atoms with van der Waals surface area (Å²) in [6.07, 6.45) is 0. The van der Waals surface area contributed by atoms with Crippen LogP contribution in [0.15, 0.2) is 38.2 Å². The molecule has 0 unspecified atom stereocenters. The van der Waals surface area contributed by atoms with Crippen LogP contribution in [0, 0.1) is 0 Å². The molecule has 1 N–H and O–H groups in total. The van der Waals surface area contributed by atoms with Crippen LogP contribution < -0.4 is 5.32 Å². The molecule has 0 radical (unpaired) electrons. The van der Waals surface area contributed by atoms with E-state index in [0.29, 0.717) is 12.1 Å². The Hall–Kier alpha value is -0.130. The first-order valence-corrected chi connectivity index (χ1v) is 6.45. The van der Waals surface area contributed by atoms with Crippen LogP contribution in [0.2, 0.25) is 0 Å². The third-order valence-corrected chi connectivity index (χ3v) is 3.08. The SMILES string of the molecule is C=C(Br)CNC(=O)c1cc(Br)ccc1Br. The molecule has 0 saturated heterocycles. The van der Waals surface area contributed by atoms with Crippen molar-refractivity contribution in [1.29, 1.82) is 0 Å². The molecular formula is C10H8Br3NO. The third kappa shape index (κ3) is 4.09. The smallest absolute Gasteiger partial charge is 0.252 e. The summed E-state index contributed by atoms with van der Waals surface area (Å²) in [5, 5.41) is 2.73. The molecule has 1 aromatic carbocycles. The minimum atomic E-state index is -0.135. The maximum absolute atomic E-state index is 11.7. The molecule has 0 saturated carbocycles. The second-order valence-corrected chi connectivity index (χ2v) is 5.72. The number of rotatable bonds is 3. The number of nitrogens with one attached hydrogen (secondary N) is 1. The van der Waals surface area contributed by atoms with Gasteiger partial charge in [-0.1, -0.05) is 38.4 Å². The van der Waals surface area contributed by atoms with Gasteiger partial charge in [-0.3, -0.25) is 4.79 Å². The standard InChI is InChI=1S/C10H8Br3NO/c1-6(11)5-14-10(15)8-4-7(12)2-3-9(8)13/h2-4H,1,5H2,(H,14,15). The Morgan fingerprint density at radius 3 is 2.67 bits per heavy atom. The highest BCUT2D eigenvalue weighted by molar-refractivity contribution is 9.11. The predicted molar refractivity (Wildman–Crippen MR) is 72.2 cm³/mol. The molecule has 0 spiro atoms. The largest absolute Gasteiger partial charge is 0.347 e. The molecular weight excluding hydrogens is 390 g/mol. The highest BCUT2D eigenvalue weighted by atomic mass is 79.9. The van der Waals surface area contributed by atoms with Gasteiger partial charge in [-0.05, 0) is 34.1 Å². The zero-order valence-electron chi connectivity index (χ0n) is 7.69. The zero-order chi connectivity index (χ0) is 11.4. The molecule has 1 amide bonds. The number of hydrogen-bond acceptors (Lipinski definition) is 1. The summed E-state index contributed by atoms with van der Waals surface area (Å²) in [5.41, 5.74) is 0.595. The van der Waals surface area contributed by atoms with E-state index in [2.05, 4.69) is 59.7 Å². The van der Waals surface area contributed by atoms with Crippen LogP contribution in [0.3, 0.4) is 0 Å². The average Bonchev–Trinajstić information content (AvgIpc) is 2.18. The van der Waals surface area contributed by atoms with E-state index in [-0.39, 0.29) is 5.91 Å². The van der Waals surface area contributed by atoms with Gasteiger partial charge in [0.15, 0.2) is 0 Å². The van der Waals surface area contributed by atoms with Gasteiger partial charge in [0.2, 0.25) is 0 Å². The van der Waals surface area contributed by atoms with Crippen molar-refractivity contribution in [2.75, 3.05) is 6.54 Å². The molecule has 1 aromatic rings. The van der Waals surface area contributed by atoms with Gasteiger partial charge in [-0.25, -0.2) is 0 Å². The Labute approximate surface area is 114 Å². The predicted octanol–water partition coefficient (Wildman–Crippen LogP) is 3.85. The van der Waals surface area contributed by atoms with Crippen molar-refractivity contribution >= 4 is 53.7 Å². The second kappa shape index (κ2) is 5.82. The van der Waals surface area contributed by atoms with E-state index >= 15 is 0 Å². The number of halogens is 3. The Morgan fingerprint density at radius 2 is 2.07 bits per heavy atom. The summed E-state index contributed by atoms with van der Waals surface area (Å²) in [6.45, 7) is 4.06. The number of benzene rings is 1. The molecule has 0 aromatic heterocycles. The molecule has 0 bridgehead atoms. The van der Waals surface area contributed by atoms with Crippen molar-refractivity contribution in [3.63, 3.8) is 0 Å². The van der Waals surface area contributed by atoms with Gasteiger partial charge in [-0.15, -0.1) is 0 Å². The quantitative estimate of drug-likeness (QED) is 0.824. The number of carbonyl (C=O) groups excluding carboxylic acids is 1. The van der Waals surface area contributed by atoms with E-state index in [4.69, 9.17) is 0 Å². The van der Waals surface area contributed by atoms with Crippen molar-refractivity contribution in [2.45, 2.75) is 0 Å². The van der Waals surface area contributed by atoms with Gasteiger partial charge in [0, 0.05) is 20.0 Å². The van der Waals surface area contributed by atoms with Crippen LogP contribution in [0.1, 0.15) is 10.4 Å². The zero-order valence-corrected chi connectivity index (χ0v) is 12.4. The lowest BCUT2D eigenvalue weighted by Crippen LogP contribution is -2.24. The topological polar surface area (TPSA) is 29.1 Å². The minimum Gasteiger partial charge on any atom is -0.347 e. The fraction of sp³-hybridized carbons (Fsp3) is 0.100. The lowest BCUT2D eigenvalue weighted by molar-refractivity contribution is 0.0957.